The monoisotopic (exact) mass is 378 g/mol. The third-order valence-electron chi connectivity index (χ3n) is 4.13. The van der Waals surface area contributed by atoms with Crippen LogP contribution in [-0.4, -0.2) is 37.0 Å². The van der Waals surface area contributed by atoms with Gasteiger partial charge in [-0.1, -0.05) is 35.3 Å². The summed E-state index contributed by atoms with van der Waals surface area (Å²) < 4.78 is 13.1. The van der Waals surface area contributed by atoms with Crippen LogP contribution in [0.1, 0.15) is 5.56 Å². The highest BCUT2D eigenvalue weighted by molar-refractivity contribution is 6.31. The fraction of sp³-hybridized carbons (Fsp3) is 0.211. The Kier molecular flexibility index (Phi) is 5.61. The molecule has 1 heterocycles. The van der Waals surface area contributed by atoms with Crippen molar-refractivity contribution in [3.05, 3.63) is 70.0 Å². The quantitative estimate of drug-likeness (QED) is 0.734. The molecule has 6 heteroatoms. The van der Waals surface area contributed by atoms with E-state index in [-0.39, 0.29) is 10.9 Å². The highest BCUT2D eigenvalue weighted by atomic mass is 35.5. The lowest BCUT2D eigenvalue weighted by Gasteiger charge is -2.35. The molecule has 2 aromatic rings. The number of benzene rings is 2. The molecule has 1 fully saturated rings. The van der Waals surface area contributed by atoms with Gasteiger partial charge in [-0.15, -0.1) is 0 Å². The summed E-state index contributed by atoms with van der Waals surface area (Å²) in [6.07, 6.45) is 3.15. The van der Waals surface area contributed by atoms with Gasteiger partial charge in [0, 0.05) is 43.0 Å². The molecule has 0 aliphatic carbocycles. The first kappa shape index (κ1) is 17.8. The highest BCUT2D eigenvalue weighted by Crippen LogP contribution is 2.21. The Hall–Kier alpha value is -2.04. The number of carbonyl (C=O) groups is 1. The molecule has 1 aliphatic rings. The van der Waals surface area contributed by atoms with Crippen LogP contribution < -0.4 is 4.90 Å². The molecule has 0 N–H and O–H groups in total. The number of carbonyl (C=O) groups excluding carboxylic acids is 1. The second-order valence-electron chi connectivity index (χ2n) is 5.80. The predicted molar refractivity (Wildman–Crippen MR) is 101 cm³/mol. The Bertz CT molecular complexity index is 802. The van der Waals surface area contributed by atoms with Crippen molar-refractivity contribution in [2.75, 3.05) is 31.1 Å². The average molecular weight is 379 g/mol. The fourth-order valence-corrected chi connectivity index (χ4v) is 3.12. The van der Waals surface area contributed by atoms with Gasteiger partial charge in [-0.3, -0.25) is 4.79 Å². The van der Waals surface area contributed by atoms with Crippen LogP contribution in [0, 0.1) is 5.82 Å². The van der Waals surface area contributed by atoms with Gasteiger partial charge in [0.15, 0.2) is 0 Å². The summed E-state index contributed by atoms with van der Waals surface area (Å²) in [7, 11) is 0. The smallest absolute Gasteiger partial charge is 0.246 e. The van der Waals surface area contributed by atoms with Crippen molar-refractivity contribution in [2.24, 2.45) is 0 Å². The predicted octanol–water partition coefficient (Wildman–Crippen LogP) is 4.49. The molecule has 0 saturated carbocycles. The zero-order valence-corrected chi connectivity index (χ0v) is 15.0. The Morgan fingerprint density at radius 1 is 1.04 bits per heavy atom. The third kappa shape index (κ3) is 4.53. The van der Waals surface area contributed by atoms with Crippen LogP contribution in [-0.2, 0) is 4.79 Å². The summed E-state index contributed by atoms with van der Waals surface area (Å²) in [6, 6.07) is 12.1. The molecule has 0 aromatic heterocycles. The molecule has 0 radical (unpaired) electrons. The number of nitrogens with zero attached hydrogens (tertiary/aromatic N) is 2. The number of piperazine rings is 1. The zero-order valence-electron chi connectivity index (χ0n) is 13.5. The minimum Gasteiger partial charge on any atom is -0.368 e. The van der Waals surface area contributed by atoms with E-state index in [0.717, 1.165) is 18.8 Å². The number of rotatable bonds is 3. The van der Waals surface area contributed by atoms with Gasteiger partial charge < -0.3 is 9.80 Å². The molecular formula is C19H17Cl2FN2O. The summed E-state index contributed by atoms with van der Waals surface area (Å²) >= 11 is 11.8. The second kappa shape index (κ2) is 7.89. The maximum atomic E-state index is 13.1. The lowest BCUT2D eigenvalue weighted by Crippen LogP contribution is -2.48. The van der Waals surface area contributed by atoms with Crippen molar-refractivity contribution < 1.29 is 9.18 Å². The molecule has 0 unspecified atom stereocenters. The molecule has 1 amide bonds. The van der Waals surface area contributed by atoms with E-state index in [4.69, 9.17) is 23.2 Å². The minimum atomic E-state index is -0.470. The Labute approximate surface area is 156 Å². The van der Waals surface area contributed by atoms with Crippen LogP contribution in [0.2, 0.25) is 10.0 Å². The Morgan fingerprint density at radius 2 is 1.80 bits per heavy atom. The standard InChI is InChI=1S/C19H17Cl2FN2O/c20-15-2-1-3-16(13-15)23-8-10-24(11-9-23)19(25)7-5-14-4-6-18(22)17(21)12-14/h1-7,12-13H,8-11H2/b7-5+. The largest absolute Gasteiger partial charge is 0.368 e. The molecule has 2 aromatic carbocycles. The van der Waals surface area contributed by atoms with Gasteiger partial charge >= 0.3 is 0 Å². The average Bonchev–Trinajstić information content (AvgIpc) is 2.62. The molecule has 25 heavy (non-hydrogen) atoms. The number of hydrogen-bond acceptors (Lipinski definition) is 2. The molecule has 0 bridgehead atoms. The van der Waals surface area contributed by atoms with Crippen LogP contribution >= 0.6 is 23.2 Å². The zero-order chi connectivity index (χ0) is 17.8. The van der Waals surface area contributed by atoms with E-state index in [9.17, 15) is 9.18 Å². The molecule has 0 spiro atoms. The lowest BCUT2D eigenvalue weighted by atomic mass is 10.2. The van der Waals surface area contributed by atoms with E-state index in [1.165, 1.54) is 18.2 Å². The molecule has 1 saturated heterocycles. The first-order valence-corrected chi connectivity index (χ1v) is 8.71. The van der Waals surface area contributed by atoms with Crippen LogP contribution in [0.15, 0.2) is 48.5 Å². The number of anilines is 1. The van der Waals surface area contributed by atoms with E-state index in [1.54, 1.807) is 17.0 Å². The topological polar surface area (TPSA) is 23.6 Å². The van der Waals surface area contributed by atoms with Crippen LogP contribution in [0.4, 0.5) is 10.1 Å². The van der Waals surface area contributed by atoms with E-state index in [0.29, 0.717) is 23.7 Å². The van der Waals surface area contributed by atoms with Crippen LogP contribution in [0.25, 0.3) is 6.08 Å². The van der Waals surface area contributed by atoms with Gasteiger partial charge in [-0.05, 0) is 42.0 Å². The number of hydrogen-bond donors (Lipinski definition) is 0. The van der Waals surface area contributed by atoms with Crippen LogP contribution in [0.5, 0.6) is 0 Å². The van der Waals surface area contributed by atoms with Crippen molar-refractivity contribution >= 4 is 40.9 Å². The van der Waals surface area contributed by atoms with Crippen molar-refractivity contribution in [2.45, 2.75) is 0 Å². The SMILES string of the molecule is O=C(/C=C/c1ccc(F)c(Cl)c1)N1CCN(c2cccc(Cl)c2)CC1. The van der Waals surface area contributed by atoms with Crippen molar-refractivity contribution in [1.29, 1.82) is 0 Å². The Morgan fingerprint density at radius 3 is 2.48 bits per heavy atom. The van der Waals surface area contributed by atoms with Gasteiger partial charge in [-0.25, -0.2) is 4.39 Å². The van der Waals surface area contributed by atoms with Gasteiger partial charge in [0.1, 0.15) is 5.82 Å². The van der Waals surface area contributed by atoms with E-state index in [2.05, 4.69) is 4.90 Å². The molecule has 130 valence electrons. The van der Waals surface area contributed by atoms with Gasteiger partial charge in [-0.2, -0.15) is 0 Å². The molecule has 0 atom stereocenters. The maximum Gasteiger partial charge on any atom is 0.246 e. The van der Waals surface area contributed by atoms with Gasteiger partial charge in [0.25, 0.3) is 0 Å². The molecule has 3 nitrogen and oxygen atoms in total. The summed E-state index contributed by atoms with van der Waals surface area (Å²) in [5.41, 5.74) is 1.76. The number of halogens is 3. The molecule has 3 rings (SSSR count). The third-order valence-corrected chi connectivity index (χ3v) is 4.65. The minimum absolute atomic E-state index is 0.0461. The van der Waals surface area contributed by atoms with Gasteiger partial charge in [0.05, 0.1) is 5.02 Å². The van der Waals surface area contributed by atoms with E-state index < -0.39 is 5.82 Å². The van der Waals surface area contributed by atoms with Gasteiger partial charge in [0.2, 0.25) is 5.91 Å². The fourth-order valence-electron chi connectivity index (χ4n) is 2.75. The lowest BCUT2D eigenvalue weighted by molar-refractivity contribution is -0.126. The van der Waals surface area contributed by atoms with E-state index in [1.807, 2.05) is 24.3 Å². The number of amides is 1. The summed E-state index contributed by atoms with van der Waals surface area (Å²) in [5, 5.41) is 0.752. The van der Waals surface area contributed by atoms with Crippen molar-refractivity contribution in [1.82, 2.24) is 4.90 Å². The van der Waals surface area contributed by atoms with Crippen molar-refractivity contribution in [3.8, 4) is 0 Å². The van der Waals surface area contributed by atoms with Crippen LogP contribution in [0.3, 0.4) is 0 Å². The first-order valence-electron chi connectivity index (χ1n) is 7.95. The normalized spacial score (nSPS) is 15.0. The highest BCUT2D eigenvalue weighted by Gasteiger charge is 2.19. The summed E-state index contributed by atoms with van der Waals surface area (Å²) in [5.74, 6) is -0.534. The summed E-state index contributed by atoms with van der Waals surface area (Å²) in [6.45, 7) is 2.78. The second-order valence-corrected chi connectivity index (χ2v) is 6.64. The van der Waals surface area contributed by atoms with E-state index >= 15 is 0 Å². The summed E-state index contributed by atoms with van der Waals surface area (Å²) in [4.78, 5) is 16.3. The molecular weight excluding hydrogens is 362 g/mol. The maximum absolute atomic E-state index is 13.1. The first-order chi connectivity index (χ1) is 12.0. The Balaban J connectivity index is 1.58. The van der Waals surface area contributed by atoms with Crippen molar-refractivity contribution in [3.63, 3.8) is 0 Å². The molecule has 1 aliphatic heterocycles.